The second-order valence-electron chi connectivity index (χ2n) is 8.39. The number of amidine groups is 1. The summed E-state index contributed by atoms with van der Waals surface area (Å²) in [7, 11) is 0. The molecule has 0 radical (unpaired) electrons. The minimum absolute atomic E-state index is 0.299. The molecule has 0 unspecified atom stereocenters. The van der Waals surface area contributed by atoms with E-state index in [1.165, 1.54) is 0 Å². The topological polar surface area (TPSA) is 95.2 Å². The van der Waals surface area contributed by atoms with Crippen molar-refractivity contribution in [1.82, 2.24) is 0 Å². The molecule has 0 bridgehead atoms. The van der Waals surface area contributed by atoms with Crippen LogP contribution in [0.4, 0.5) is 0 Å². The molecule has 1 aliphatic carbocycles. The number of fused-ring (bicyclic) bond motifs is 1. The zero-order valence-electron chi connectivity index (χ0n) is 19.0. The van der Waals surface area contributed by atoms with Crippen LogP contribution in [0.2, 0.25) is 0 Å². The standard InChI is InChI=1S/C26H28N4OS2/c1-3-14-32-26(33-15-4-2)25(18-28)22(24(25,17-27)23(29)30-26)20-10-12-21(13-11-20)31-16-19-8-6-5-7-9-19/h5-13,22H,3-4,14-16H2,1-2H3,(H2,29,30)/t22-,24-,25+/m0/s1. The number of hydrogen-bond donors (Lipinski definition) is 1. The second-order valence-corrected chi connectivity index (χ2v) is 11.2. The summed E-state index contributed by atoms with van der Waals surface area (Å²) in [4.78, 5) is 4.82. The lowest BCUT2D eigenvalue weighted by atomic mass is 9.97. The predicted octanol–water partition coefficient (Wildman–Crippen LogP) is 5.69. The van der Waals surface area contributed by atoms with Crippen LogP contribution < -0.4 is 10.5 Å². The lowest BCUT2D eigenvalue weighted by Gasteiger charge is -2.32. The van der Waals surface area contributed by atoms with E-state index in [4.69, 9.17) is 15.5 Å². The van der Waals surface area contributed by atoms with E-state index >= 15 is 0 Å². The Bertz CT molecular complexity index is 1100. The maximum atomic E-state index is 10.5. The average molecular weight is 477 g/mol. The molecule has 33 heavy (non-hydrogen) atoms. The molecular weight excluding hydrogens is 448 g/mol. The van der Waals surface area contributed by atoms with Gasteiger partial charge in [0.2, 0.25) is 0 Å². The fraction of sp³-hybridized carbons (Fsp3) is 0.423. The highest BCUT2D eigenvalue weighted by atomic mass is 32.2. The maximum absolute atomic E-state index is 10.5. The minimum atomic E-state index is -1.09. The molecule has 0 amide bonds. The molecule has 0 saturated heterocycles. The summed E-state index contributed by atoms with van der Waals surface area (Å²) in [5, 5.41) is 20.8. The molecular formula is C26H28N4OS2. The van der Waals surface area contributed by atoms with Gasteiger partial charge in [-0.3, -0.25) is 0 Å². The SMILES string of the molecule is CCCSC1(SCCC)N=C(N)[C@]2(C#N)[C@H](c3ccc(OCc4ccccc4)cc3)[C@@]12C#N. The Kier molecular flexibility index (Phi) is 6.66. The highest BCUT2D eigenvalue weighted by Crippen LogP contribution is 2.85. The van der Waals surface area contributed by atoms with Crippen LogP contribution in [0.3, 0.4) is 0 Å². The monoisotopic (exact) mass is 476 g/mol. The first-order chi connectivity index (χ1) is 16.0. The van der Waals surface area contributed by atoms with Gasteiger partial charge in [-0.05, 0) is 47.6 Å². The number of benzene rings is 2. The fourth-order valence-electron chi connectivity index (χ4n) is 4.84. The van der Waals surface area contributed by atoms with Gasteiger partial charge in [-0.15, -0.1) is 23.5 Å². The first-order valence-electron chi connectivity index (χ1n) is 11.3. The first-order valence-corrected chi connectivity index (χ1v) is 13.2. The van der Waals surface area contributed by atoms with Crippen molar-refractivity contribution < 1.29 is 4.74 Å². The van der Waals surface area contributed by atoms with E-state index in [-0.39, 0.29) is 5.92 Å². The number of thioether (sulfide) groups is 2. The average Bonchev–Trinajstić information content (AvgIpc) is 3.44. The molecule has 2 aromatic rings. The van der Waals surface area contributed by atoms with Crippen molar-refractivity contribution in [2.75, 3.05) is 11.5 Å². The molecule has 5 nitrogen and oxygen atoms in total. The Labute approximate surface area is 204 Å². The van der Waals surface area contributed by atoms with Crippen LogP contribution in [0.5, 0.6) is 5.75 Å². The first kappa shape index (κ1) is 23.5. The Morgan fingerprint density at radius 1 is 0.970 bits per heavy atom. The largest absolute Gasteiger partial charge is 0.489 e. The smallest absolute Gasteiger partial charge is 0.175 e. The molecule has 1 heterocycles. The van der Waals surface area contributed by atoms with Gasteiger partial charge in [0, 0.05) is 5.92 Å². The summed E-state index contributed by atoms with van der Waals surface area (Å²) in [6, 6.07) is 22.8. The molecule has 170 valence electrons. The van der Waals surface area contributed by atoms with Crippen LogP contribution in [0, 0.1) is 33.5 Å². The third-order valence-corrected chi connectivity index (χ3v) is 9.93. The molecule has 4 rings (SSSR count). The van der Waals surface area contributed by atoms with Gasteiger partial charge in [0.05, 0.1) is 12.1 Å². The molecule has 1 aliphatic heterocycles. The summed E-state index contributed by atoms with van der Waals surface area (Å²) in [5.41, 5.74) is 6.40. The van der Waals surface area contributed by atoms with E-state index in [0.29, 0.717) is 12.4 Å². The van der Waals surface area contributed by atoms with E-state index in [2.05, 4.69) is 26.0 Å². The quantitative estimate of drug-likeness (QED) is 0.442. The van der Waals surface area contributed by atoms with Gasteiger partial charge >= 0.3 is 0 Å². The molecule has 1 saturated carbocycles. The molecule has 7 heteroatoms. The van der Waals surface area contributed by atoms with Crippen molar-refractivity contribution in [3.05, 3.63) is 65.7 Å². The number of hydrogen-bond acceptors (Lipinski definition) is 7. The Morgan fingerprint density at radius 2 is 1.61 bits per heavy atom. The number of ether oxygens (including phenoxy) is 1. The van der Waals surface area contributed by atoms with Gasteiger partial charge in [-0.1, -0.05) is 56.3 Å². The van der Waals surface area contributed by atoms with E-state index in [1.54, 1.807) is 23.5 Å². The second kappa shape index (κ2) is 9.33. The lowest BCUT2D eigenvalue weighted by Crippen LogP contribution is -2.32. The number of nitriles is 2. The summed E-state index contributed by atoms with van der Waals surface area (Å²) in [6.45, 7) is 4.71. The van der Waals surface area contributed by atoms with E-state index in [0.717, 1.165) is 41.2 Å². The molecule has 0 aromatic heterocycles. The number of rotatable bonds is 10. The van der Waals surface area contributed by atoms with Crippen molar-refractivity contribution in [1.29, 1.82) is 10.5 Å². The third-order valence-electron chi connectivity index (χ3n) is 6.39. The third kappa shape index (κ3) is 3.50. The van der Waals surface area contributed by atoms with Crippen molar-refractivity contribution in [3.8, 4) is 17.9 Å². The molecule has 1 fully saturated rings. The van der Waals surface area contributed by atoms with Gasteiger partial charge in [-0.25, -0.2) is 4.99 Å². The zero-order chi connectivity index (χ0) is 23.5. The van der Waals surface area contributed by atoms with Crippen molar-refractivity contribution in [2.45, 2.75) is 43.4 Å². The van der Waals surface area contributed by atoms with Gasteiger partial charge in [0.15, 0.2) is 4.20 Å². The minimum Gasteiger partial charge on any atom is -0.489 e. The lowest BCUT2D eigenvalue weighted by molar-refractivity contribution is 0.306. The van der Waals surface area contributed by atoms with E-state index in [1.807, 2.05) is 54.6 Å². The van der Waals surface area contributed by atoms with Crippen LogP contribution in [0.1, 0.15) is 43.7 Å². The van der Waals surface area contributed by atoms with Crippen LogP contribution in [0.15, 0.2) is 59.6 Å². The molecule has 2 N–H and O–H groups in total. The highest BCUT2D eigenvalue weighted by molar-refractivity contribution is 8.18. The molecule has 3 atom stereocenters. The normalized spacial score (nSPS) is 26.5. The van der Waals surface area contributed by atoms with Crippen LogP contribution in [-0.2, 0) is 6.61 Å². The van der Waals surface area contributed by atoms with Crippen LogP contribution in [0.25, 0.3) is 0 Å². The predicted molar refractivity (Wildman–Crippen MR) is 136 cm³/mol. The Balaban J connectivity index is 1.64. The van der Waals surface area contributed by atoms with Gasteiger partial charge in [0.1, 0.15) is 29.0 Å². The fourth-order valence-corrected chi connectivity index (χ4v) is 8.06. The number of aliphatic imine (C=N–C) groups is 1. The van der Waals surface area contributed by atoms with Gasteiger partial charge < -0.3 is 10.5 Å². The van der Waals surface area contributed by atoms with Crippen molar-refractivity contribution >= 4 is 29.4 Å². The van der Waals surface area contributed by atoms with Crippen molar-refractivity contribution in [3.63, 3.8) is 0 Å². The van der Waals surface area contributed by atoms with Gasteiger partial charge in [0.25, 0.3) is 0 Å². The molecule has 0 spiro atoms. The molecule has 2 aromatic carbocycles. The highest BCUT2D eigenvalue weighted by Gasteiger charge is 2.91. The van der Waals surface area contributed by atoms with Gasteiger partial charge in [-0.2, -0.15) is 10.5 Å². The number of nitrogens with zero attached hydrogens (tertiary/aromatic N) is 3. The van der Waals surface area contributed by atoms with E-state index in [9.17, 15) is 10.5 Å². The Hall–Kier alpha value is -2.61. The summed E-state index contributed by atoms with van der Waals surface area (Å²) in [6.07, 6.45) is 1.93. The number of nitrogens with two attached hydrogens (primary N) is 1. The zero-order valence-corrected chi connectivity index (χ0v) is 20.6. The van der Waals surface area contributed by atoms with Crippen LogP contribution >= 0.6 is 23.5 Å². The van der Waals surface area contributed by atoms with Crippen molar-refractivity contribution in [2.24, 2.45) is 21.6 Å². The summed E-state index contributed by atoms with van der Waals surface area (Å²) >= 11 is 3.33. The van der Waals surface area contributed by atoms with Crippen LogP contribution in [-0.4, -0.2) is 21.5 Å². The molecule has 2 aliphatic rings. The Morgan fingerprint density at radius 3 is 2.15 bits per heavy atom. The summed E-state index contributed by atoms with van der Waals surface area (Å²) in [5.74, 6) is 2.45. The van der Waals surface area contributed by atoms with E-state index < -0.39 is 15.0 Å². The summed E-state index contributed by atoms with van der Waals surface area (Å²) < 4.78 is 5.16. The maximum Gasteiger partial charge on any atom is 0.175 e.